The molecule has 13 heavy (non-hydrogen) atoms. The topological polar surface area (TPSA) is 18.5 Å². The highest BCUT2D eigenvalue weighted by atomic mass is 16.7. The molecule has 0 unspecified atom stereocenters. The van der Waals surface area contributed by atoms with Crippen molar-refractivity contribution >= 4 is 0 Å². The van der Waals surface area contributed by atoms with E-state index in [9.17, 15) is 0 Å². The summed E-state index contributed by atoms with van der Waals surface area (Å²) in [4.78, 5) is 0. The van der Waals surface area contributed by atoms with Crippen LogP contribution in [-0.2, 0) is 9.47 Å². The van der Waals surface area contributed by atoms with Crippen LogP contribution in [0.15, 0.2) is 0 Å². The molecule has 2 fully saturated rings. The van der Waals surface area contributed by atoms with Crippen LogP contribution in [0.3, 0.4) is 0 Å². The lowest BCUT2D eigenvalue weighted by Gasteiger charge is -2.45. The van der Waals surface area contributed by atoms with Crippen LogP contribution in [0.25, 0.3) is 0 Å². The van der Waals surface area contributed by atoms with E-state index in [-0.39, 0.29) is 5.79 Å². The molecule has 2 rings (SSSR count). The molecule has 0 amide bonds. The smallest absolute Gasteiger partial charge is 0.168 e. The summed E-state index contributed by atoms with van der Waals surface area (Å²) in [6.07, 6.45) is 7.87. The Labute approximate surface area is 80.6 Å². The van der Waals surface area contributed by atoms with Gasteiger partial charge in [-0.3, -0.25) is 0 Å². The van der Waals surface area contributed by atoms with Crippen LogP contribution in [0.5, 0.6) is 0 Å². The fraction of sp³-hybridized carbons (Fsp3) is 1.00. The van der Waals surface area contributed by atoms with Crippen LogP contribution in [0, 0.1) is 0 Å². The Morgan fingerprint density at radius 3 is 2.00 bits per heavy atom. The van der Waals surface area contributed by atoms with E-state index in [1.807, 2.05) is 0 Å². The number of ether oxygens (including phenoxy) is 2. The molecule has 0 aromatic rings. The van der Waals surface area contributed by atoms with E-state index in [1.165, 1.54) is 19.3 Å². The highest BCUT2D eigenvalue weighted by molar-refractivity contribution is 4.81. The van der Waals surface area contributed by atoms with Crippen molar-refractivity contribution in [3.63, 3.8) is 0 Å². The molecule has 76 valence electrons. The highest BCUT2D eigenvalue weighted by Gasteiger charge is 2.40. The van der Waals surface area contributed by atoms with Crippen molar-refractivity contribution in [2.75, 3.05) is 0 Å². The third kappa shape index (κ3) is 2.05. The second kappa shape index (κ2) is 3.58. The summed E-state index contributed by atoms with van der Waals surface area (Å²) < 4.78 is 11.9. The van der Waals surface area contributed by atoms with E-state index in [0.717, 1.165) is 19.3 Å². The maximum atomic E-state index is 5.96. The van der Waals surface area contributed by atoms with Crippen LogP contribution in [0.4, 0.5) is 0 Å². The average Bonchev–Trinajstić information content (AvgIpc) is 2.02. The molecule has 1 aliphatic heterocycles. The Bertz CT molecular complexity index is 161. The quantitative estimate of drug-likeness (QED) is 0.576. The SMILES string of the molecule is C[C@@H]1C[C@@H](C)OC2(CCCCC2)O1. The highest BCUT2D eigenvalue weighted by Crippen LogP contribution is 2.38. The van der Waals surface area contributed by atoms with Gasteiger partial charge in [0.05, 0.1) is 12.2 Å². The van der Waals surface area contributed by atoms with Gasteiger partial charge in [0.2, 0.25) is 0 Å². The van der Waals surface area contributed by atoms with Gasteiger partial charge in [0.25, 0.3) is 0 Å². The zero-order valence-corrected chi connectivity index (χ0v) is 8.71. The lowest BCUT2D eigenvalue weighted by atomic mass is 9.92. The van der Waals surface area contributed by atoms with Gasteiger partial charge in [0.15, 0.2) is 5.79 Å². The molecule has 2 atom stereocenters. The largest absolute Gasteiger partial charge is 0.347 e. The monoisotopic (exact) mass is 184 g/mol. The molecule has 2 aliphatic rings. The molecule has 0 aromatic carbocycles. The maximum Gasteiger partial charge on any atom is 0.168 e. The van der Waals surface area contributed by atoms with Crippen molar-refractivity contribution in [3.8, 4) is 0 Å². The fourth-order valence-corrected chi connectivity index (χ4v) is 2.65. The third-order valence-electron chi connectivity index (χ3n) is 3.11. The van der Waals surface area contributed by atoms with E-state index in [1.54, 1.807) is 0 Å². The van der Waals surface area contributed by atoms with Crippen molar-refractivity contribution in [1.82, 2.24) is 0 Å². The Hall–Kier alpha value is -0.0800. The number of hydrogen-bond donors (Lipinski definition) is 0. The van der Waals surface area contributed by atoms with Crippen molar-refractivity contribution in [2.24, 2.45) is 0 Å². The van der Waals surface area contributed by atoms with E-state index in [2.05, 4.69) is 13.8 Å². The second-order valence-electron chi connectivity index (χ2n) is 4.56. The zero-order chi connectivity index (χ0) is 9.31. The van der Waals surface area contributed by atoms with Gasteiger partial charge in [-0.1, -0.05) is 6.42 Å². The fourth-order valence-electron chi connectivity index (χ4n) is 2.65. The Balaban J connectivity index is 2.02. The lowest BCUT2D eigenvalue weighted by molar-refractivity contribution is -0.322. The first-order valence-electron chi connectivity index (χ1n) is 5.56. The molecule has 2 nitrogen and oxygen atoms in total. The minimum atomic E-state index is -0.199. The van der Waals surface area contributed by atoms with Gasteiger partial charge in [-0.25, -0.2) is 0 Å². The van der Waals surface area contributed by atoms with Crippen molar-refractivity contribution < 1.29 is 9.47 Å². The lowest BCUT2D eigenvalue weighted by Crippen LogP contribution is -2.48. The van der Waals surface area contributed by atoms with Gasteiger partial charge < -0.3 is 9.47 Å². The molecule has 0 bridgehead atoms. The van der Waals surface area contributed by atoms with Gasteiger partial charge >= 0.3 is 0 Å². The Morgan fingerprint density at radius 2 is 1.46 bits per heavy atom. The van der Waals surface area contributed by atoms with E-state index in [0.29, 0.717) is 12.2 Å². The molecule has 0 aromatic heterocycles. The van der Waals surface area contributed by atoms with Crippen molar-refractivity contribution in [1.29, 1.82) is 0 Å². The number of rotatable bonds is 0. The molecular formula is C11H20O2. The molecule has 1 aliphatic carbocycles. The average molecular weight is 184 g/mol. The Kier molecular flexibility index (Phi) is 2.61. The zero-order valence-electron chi connectivity index (χ0n) is 8.71. The summed E-state index contributed by atoms with van der Waals surface area (Å²) in [7, 11) is 0. The first-order chi connectivity index (χ1) is 6.20. The standard InChI is InChI=1S/C11H20O2/c1-9-8-10(2)13-11(12-9)6-4-3-5-7-11/h9-10H,3-8H2,1-2H3/t9-,10-/m1/s1. The molecule has 1 saturated heterocycles. The van der Waals surface area contributed by atoms with E-state index < -0.39 is 0 Å². The van der Waals surface area contributed by atoms with Gasteiger partial charge in [0.1, 0.15) is 0 Å². The van der Waals surface area contributed by atoms with Gasteiger partial charge in [0, 0.05) is 12.8 Å². The van der Waals surface area contributed by atoms with Gasteiger partial charge in [-0.05, 0) is 33.1 Å². The molecule has 1 heterocycles. The molecule has 0 radical (unpaired) electrons. The summed E-state index contributed by atoms with van der Waals surface area (Å²) in [5.74, 6) is -0.199. The molecule has 0 N–H and O–H groups in total. The van der Waals surface area contributed by atoms with Crippen molar-refractivity contribution in [3.05, 3.63) is 0 Å². The Morgan fingerprint density at radius 1 is 0.923 bits per heavy atom. The maximum absolute atomic E-state index is 5.96. The van der Waals surface area contributed by atoms with Gasteiger partial charge in [-0.2, -0.15) is 0 Å². The third-order valence-corrected chi connectivity index (χ3v) is 3.11. The summed E-state index contributed by atoms with van der Waals surface area (Å²) in [6.45, 7) is 4.32. The van der Waals surface area contributed by atoms with E-state index >= 15 is 0 Å². The van der Waals surface area contributed by atoms with Crippen LogP contribution >= 0.6 is 0 Å². The second-order valence-corrected chi connectivity index (χ2v) is 4.56. The van der Waals surface area contributed by atoms with Crippen LogP contribution in [0.2, 0.25) is 0 Å². The number of hydrogen-bond acceptors (Lipinski definition) is 2. The molecule has 2 heteroatoms. The molecule has 1 spiro atoms. The summed E-state index contributed by atoms with van der Waals surface area (Å²) in [6, 6.07) is 0. The predicted octanol–water partition coefficient (Wildman–Crippen LogP) is 2.86. The predicted molar refractivity (Wildman–Crippen MR) is 51.5 cm³/mol. The van der Waals surface area contributed by atoms with Crippen LogP contribution in [-0.4, -0.2) is 18.0 Å². The van der Waals surface area contributed by atoms with E-state index in [4.69, 9.17) is 9.47 Å². The summed E-state index contributed by atoms with van der Waals surface area (Å²) >= 11 is 0. The molecule has 1 saturated carbocycles. The first-order valence-corrected chi connectivity index (χ1v) is 5.56. The summed E-state index contributed by atoms with van der Waals surface area (Å²) in [5.41, 5.74) is 0. The normalized spacial score (nSPS) is 39.2. The van der Waals surface area contributed by atoms with Crippen LogP contribution in [0.1, 0.15) is 52.4 Å². The molecular weight excluding hydrogens is 164 g/mol. The minimum absolute atomic E-state index is 0.199. The van der Waals surface area contributed by atoms with Crippen molar-refractivity contribution in [2.45, 2.75) is 70.4 Å². The minimum Gasteiger partial charge on any atom is -0.347 e. The van der Waals surface area contributed by atoms with Crippen LogP contribution < -0.4 is 0 Å². The summed E-state index contributed by atoms with van der Waals surface area (Å²) in [5, 5.41) is 0. The van der Waals surface area contributed by atoms with Gasteiger partial charge in [-0.15, -0.1) is 0 Å². The first kappa shape index (κ1) is 9.47.